The van der Waals surface area contributed by atoms with Crippen LogP contribution < -0.4 is 0 Å². The molecule has 2 nitrogen and oxygen atoms in total. The monoisotopic (exact) mass is 182 g/mol. The van der Waals surface area contributed by atoms with Gasteiger partial charge in [0.25, 0.3) is 0 Å². The summed E-state index contributed by atoms with van der Waals surface area (Å²) in [5, 5.41) is 0. The maximum atomic E-state index is 10.8. The van der Waals surface area contributed by atoms with Gasteiger partial charge in [0.2, 0.25) is 0 Å². The largest absolute Gasteiger partial charge is 0.462 e. The molecule has 0 spiro atoms. The number of esters is 1. The van der Waals surface area contributed by atoms with E-state index >= 15 is 0 Å². The molecule has 13 heavy (non-hydrogen) atoms. The van der Waals surface area contributed by atoms with Gasteiger partial charge in [-0.05, 0) is 18.8 Å². The summed E-state index contributed by atoms with van der Waals surface area (Å²) in [6.45, 7) is 7.91. The zero-order valence-electron chi connectivity index (χ0n) is 8.89. The lowest BCUT2D eigenvalue weighted by atomic mass is 9.78. The van der Waals surface area contributed by atoms with E-state index in [0.29, 0.717) is 0 Å². The lowest BCUT2D eigenvalue weighted by Crippen LogP contribution is -2.27. The SMILES string of the molecule is CC(=O)OC1CC(C)=CC(C)(C)C1. The van der Waals surface area contributed by atoms with Gasteiger partial charge in [-0.2, -0.15) is 0 Å². The molecule has 74 valence electrons. The van der Waals surface area contributed by atoms with Gasteiger partial charge < -0.3 is 4.74 Å². The lowest BCUT2D eigenvalue weighted by Gasteiger charge is -2.32. The lowest BCUT2D eigenvalue weighted by molar-refractivity contribution is -0.147. The molecule has 0 heterocycles. The van der Waals surface area contributed by atoms with Crippen LogP contribution in [0.25, 0.3) is 0 Å². The zero-order chi connectivity index (χ0) is 10.1. The second-order valence-electron chi connectivity index (χ2n) is 4.62. The van der Waals surface area contributed by atoms with Gasteiger partial charge in [-0.25, -0.2) is 0 Å². The number of rotatable bonds is 1. The van der Waals surface area contributed by atoms with Crippen LogP contribution in [0, 0.1) is 5.41 Å². The Morgan fingerprint density at radius 1 is 1.62 bits per heavy atom. The first-order chi connectivity index (χ1) is 5.89. The predicted molar refractivity (Wildman–Crippen MR) is 52.3 cm³/mol. The van der Waals surface area contributed by atoms with E-state index in [1.807, 2.05) is 0 Å². The second-order valence-corrected chi connectivity index (χ2v) is 4.62. The highest BCUT2D eigenvalue weighted by molar-refractivity contribution is 5.66. The Hall–Kier alpha value is -0.790. The third-order valence-corrected chi connectivity index (χ3v) is 2.27. The summed E-state index contributed by atoms with van der Waals surface area (Å²) in [6.07, 6.45) is 4.18. The number of carbonyl (C=O) groups is 1. The molecule has 0 amide bonds. The fourth-order valence-electron chi connectivity index (χ4n) is 2.12. The highest BCUT2D eigenvalue weighted by Gasteiger charge is 2.27. The van der Waals surface area contributed by atoms with Crippen LogP contribution >= 0.6 is 0 Å². The molecule has 1 aliphatic rings. The minimum absolute atomic E-state index is 0.0810. The standard InChI is InChI=1S/C11H18O2/c1-8-5-10(13-9(2)12)7-11(3,4)6-8/h6,10H,5,7H2,1-4H3. The Bertz CT molecular complexity index is 238. The van der Waals surface area contributed by atoms with Crippen molar-refractivity contribution in [2.75, 3.05) is 0 Å². The topological polar surface area (TPSA) is 26.3 Å². The first-order valence-corrected chi connectivity index (χ1v) is 4.74. The summed E-state index contributed by atoms with van der Waals surface area (Å²) >= 11 is 0. The molecule has 0 saturated carbocycles. The fourth-order valence-corrected chi connectivity index (χ4v) is 2.12. The van der Waals surface area contributed by atoms with E-state index in [-0.39, 0.29) is 17.5 Å². The Labute approximate surface area is 80.0 Å². The van der Waals surface area contributed by atoms with Gasteiger partial charge in [0.05, 0.1) is 0 Å². The van der Waals surface area contributed by atoms with Crippen LogP contribution in [-0.2, 0) is 9.53 Å². The van der Waals surface area contributed by atoms with Crippen molar-refractivity contribution < 1.29 is 9.53 Å². The van der Waals surface area contributed by atoms with Gasteiger partial charge in [-0.15, -0.1) is 0 Å². The third-order valence-electron chi connectivity index (χ3n) is 2.27. The van der Waals surface area contributed by atoms with Crippen LogP contribution in [0.2, 0.25) is 0 Å². The Morgan fingerprint density at radius 3 is 2.69 bits per heavy atom. The van der Waals surface area contributed by atoms with Gasteiger partial charge >= 0.3 is 5.97 Å². The van der Waals surface area contributed by atoms with Gasteiger partial charge in [-0.3, -0.25) is 4.79 Å². The van der Waals surface area contributed by atoms with Crippen molar-refractivity contribution >= 4 is 5.97 Å². The third kappa shape index (κ3) is 3.21. The number of hydrogen-bond acceptors (Lipinski definition) is 2. The minimum Gasteiger partial charge on any atom is -0.462 e. The maximum absolute atomic E-state index is 10.8. The van der Waals surface area contributed by atoms with Gasteiger partial charge in [0.15, 0.2) is 0 Å². The molecule has 0 aromatic rings. The molecule has 0 N–H and O–H groups in total. The molecule has 0 fully saturated rings. The van der Waals surface area contributed by atoms with Gasteiger partial charge in [0, 0.05) is 13.3 Å². The fraction of sp³-hybridized carbons (Fsp3) is 0.727. The van der Waals surface area contributed by atoms with Crippen molar-refractivity contribution in [3.05, 3.63) is 11.6 Å². The van der Waals surface area contributed by atoms with E-state index in [4.69, 9.17) is 4.74 Å². The van der Waals surface area contributed by atoms with E-state index < -0.39 is 0 Å². The second kappa shape index (κ2) is 3.52. The molecule has 0 aromatic carbocycles. The van der Waals surface area contributed by atoms with Crippen molar-refractivity contribution in [1.29, 1.82) is 0 Å². The van der Waals surface area contributed by atoms with Gasteiger partial charge in [0.1, 0.15) is 6.10 Å². The van der Waals surface area contributed by atoms with E-state index in [9.17, 15) is 4.79 Å². The summed E-state index contributed by atoms with van der Waals surface area (Å²) < 4.78 is 5.22. The molecule has 0 aliphatic heterocycles. The van der Waals surface area contributed by atoms with Crippen molar-refractivity contribution in [3.63, 3.8) is 0 Å². The van der Waals surface area contributed by atoms with E-state index in [1.54, 1.807) is 0 Å². The zero-order valence-corrected chi connectivity index (χ0v) is 8.89. The Balaban J connectivity index is 2.64. The molecule has 0 bridgehead atoms. The molecular weight excluding hydrogens is 164 g/mol. The molecule has 0 aromatic heterocycles. The molecule has 1 aliphatic carbocycles. The average Bonchev–Trinajstić information content (AvgIpc) is 1.78. The van der Waals surface area contributed by atoms with E-state index in [0.717, 1.165) is 12.8 Å². The molecular formula is C11H18O2. The van der Waals surface area contributed by atoms with Crippen molar-refractivity contribution in [2.45, 2.75) is 46.6 Å². The molecule has 2 heteroatoms. The summed E-state index contributed by atoms with van der Waals surface area (Å²) in [4.78, 5) is 10.8. The highest BCUT2D eigenvalue weighted by Crippen LogP contribution is 2.34. The molecule has 0 radical (unpaired) electrons. The summed E-state index contributed by atoms with van der Waals surface area (Å²) in [7, 11) is 0. The van der Waals surface area contributed by atoms with Crippen LogP contribution in [0.5, 0.6) is 0 Å². The number of allylic oxidation sites excluding steroid dienone is 1. The quantitative estimate of drug-likeness (QED) is 0.460. The van der Waals surface area contributed by atoms with Crippen molar-refractivity contribution in [3.8, 4) is 0 Å². The summed E-state index contributed by atoms with van der Waals surface area (Å²) in [5.41, 5.74) is 1.49. The maximum Gasteiger partial charge on any atom is 0.302 e. The normalized spacial score (nSPS) is 26.5. The average molecular weight is 182 g/mol. The number of ether oxygens (including phenoxy) is 1. The van der Waals surface area contributed by atoms with Crippen molar-refractivity contribution in [1.82, 2.24) is 0 Å². The van der Waals surface area contributed by atoms with E-state index in [1.165, 1.54) is 12.5 Å². The Kier molecular flexibility index (Phi) is 2.79. The number of carbonyl (C=O) groups excluding carboxylic acids is 1. The Morgan fingerprint density at radius 2 is 2.23 bits per heavy atom. The molecule has 1 unspecified atom stereocenters. The molecule has 1 atom stereocenters. The molecule has 0 saturated heterocycles. The predicted octanol–water partition coefficient (Wildman–Crippen LogP) is 2.68. The number of hydrogen-bond donors (Lipinski definition) is 0. The van der Waals surface area contributed by atoms with Crippen molar-refractivity contribution in [2.24, 2.45) is 5.41 Å². The van der Waals surface area contributed by atoms with Crippen LogP contribution in [0.15, 0.2) is 11.6 Å². The smallest absolute Gasteiger partial charge is 0.302 e. The first-order valence-electron chi connectivity index (χ1n) is 4.74. The minimum atomic E-state index is -0.171. The van der Waals surface area contributed by atoms with Crippen LogP contribution in [0.1, 0.15) is 40.5 Å². The van der Waals surface area contributed by atoms with Crippen LogP contribution in [-0.4, -0.2) is 12.1 Å². The van der Waals surface area contributed by atoms with E-state index in [2.05, 4.69) is 26.8 Å². The summed E-state index contributed by atoms with van der Waals surface area (Å²) in [5.74, 6) is -0.171. The van der Waals surface area contributed by atoms with Crippen LogP contribution in [0.4, 0.5) is 0 Å². The first kappa shape index (κ1) is 10.3. The molecule has 1 rings (SSSR count). The van der Waals surface area contributed by atoms with Crippen LogP contribution in [0.3, 0.4) is 0 Å². The van der Waals surface area contributed by atoms with Gasteiger partial charge in [-0.1, -0.05) is 25.5 Å². The highest BCUT2D eigenvalue weighted by atomic mass is 16.5. The summed E-state index contributed by atoms with van der Waals surface area (Å²) in [6, 6.07) is 0.